The van der Waals surface area contributed by atoms with Crippen LogP contribution in [0.25, 0.3) is 0 Å². The molecule has 1 rings (SSSR count). The molecule has 0 atom stereocenters. The van der Waals surface area contributed by atoms with Crippen LogP contribution >= 0.6 is 0 Å². The van der Waals surface area contributed by atoms with Gasteiger partial charge in [0.25, 0.3) is 0 Å². The van der Waals surface area contributed by atoms with Gasteiger partial charge in [-0.05, 0) is 17.9 Å². The first-order chi connectivity index (χ1) is 9.79. The molecule has 0 aliphatic rings. The molecule has 0 aromatic carbocycles. The topological polar surface area (TPSA) is 82.5 Å². The van der Waals surface area contributed by atoms with Crippen LogP contribution in [-0.4, -0.2) is 40.1 Å². The van der Waals surface area contributed by atoms with E-state index in [-0.39, 0.29) is 11.6 Å². The molecule has 0 bridgehead atoms. The van der Waals surface area contributed by atoms with E-state index in [1.165, 1.54) is 18.5 Å². The minimum absolute atomic E-state index is 0.0482. The van der Waals surface area contributed by atoms with E-state index in [1.807, 2.05) is 27.7 Å². The summed E-state index contributed by atoms with van der Waals surface area (Å²) in [5.74, 6) is -0.351. The Morgan fingerprint density at radius 3 is 2.24 bits per heavy atom. The number of aromatic nitrogens is 1. The molecule has 2 N–H and O–H groups in total. The molecule has 116 valence electrons. The molecule has 1 heterocycles. The number of carbonyl (C=O) groups excluding carboxylic acids is 1. The Hall–Kier alpha value is -2.11. The summed E-state index contributed by atoms with van der Waals surface area (Å²) in [6, 6.07) is 1.16. The van der Waals surface area contributed by atoms with Crippen LogP contribution in [0.5, 0.6) is 0 Å². The summed E-state index contributed by atoms with van der Waals surface area (Å²) in [4.78, 5) is 28.8. The van der Waals surface area contributed by atoms with Gasteiger partial charge >= 0.3 is 12.0 Å². The Labute approximate surface area is 125 Å². The van der Waals surface area contributed by atoms with E-state index >= 15 is 0 Å². The summed E-state index contributed by atoms with van der Waals surface area (Å²) in [6.07, 6.45) is 2.69. The van der Waals surface area contributed by atoms with Crippen LogP contribution in [0.1, 0.15) is 38.1 Å². The van der Waals surface area contributed by atoms with Crippen molar-refractivity contribution < 1.29 is 14.7 Å². The van der Waals surface area contributed by atoms with Crippen LogP contribution < -0.4 is 5.32 Å². The number of aromatic carboxylic acids is 1. The maximum Gasteiger partial charge on any atom is 0.337 e. The van der Waals surface area contributed by atoms with Crippen LogP contribution in [0, 0.1) is 11.8 Å². The predicted octanol–water partition coefficient (Wildman–Crippen LogP) is 2.93. The zero-order valence-corrected chi connectivity index (χ0v) is 13.0. The molecule has 1 aromatic rings. The third-order valence-corrected chi connectivity index (χ3v) is 2.69. The van der Waals surface area contributed by atoms with Gasteiger partial charge < -0.3 is 15.3 Å². The molecular formula is C15H23N3O3. The molecule has 0 aliphatic heterocycles. The van der Waals surface area contributed by atoms with Crippen molar-refractivity contribution in [2.45, 2.75) is 27.7 Å². The SMILES string of the molecule is CC(C)CN(CC(C)C)C(=O)Nc1cncc(C(=O)O)c1. The van der Waals surface area contributed by atoms with Crippen LogP contribution in [0.15, 0.2) is 18.5 Å². The Morgan fingerprint density at radius 2 is 1.76 bits per heavy atom. The molecule has 21 heavy (non-hydrogen) atoms. The fraction of sp³-hybridized carbons (Fsp3) is 0.533. The maximum absolute atomic E-state index is 12.3. The van der Waals surface area contributed by atoms with E-state index in [1.54, 1.807) is 4.90 Å². The molecule has 0 radical (unpaired) electrons. The van der Waals surface area contributed by atoms with E-state index in [0.29, 0.717) is 30.6 Å². The lowest BCUT2D eigenvalue weighted by Gasteiger charge is -2.26. The van der Waals surface area contributed by atoms with Gasteiger partial charge in [0, 0.05) is 19.3 Å². The first kappa shape index (κ1) is 16.9. The van der Waals surface area contributed by atoms with Crippen LogP contribution in [0.2, 0.25) is 0 Å². The zero-order valence-electron chi connectivity index (χ0n) is 13.0. The van der Waals surface area contributed by atoms with Gasteiger partial charge in [0.05, 0.1) is 17.4 Å². The first-order valence-electron chi connectivity index (χ1n) is 7.03. The molecule has 0 unspecified atom stereocenters. The first-order valence-corrected chi connectivity index (χ1v) is 7.03. The minimum atomic E-state index is -1.07. The monoisotopic (exact) mass is 293 g/mol. The summed E-state index contributed by atoms with van der Waals surface area (Å²) in [6.45, 7) is 9.49. The number of pyridine rings is 1. The van der Waals surface area contributed by atoms with Crippen molar-refractivity contribution in [3.63, 3.8) is 0 Å². The quantitative estimate of drug-likeness (QED) is 0.844. The smallest absolute Gasteiger partial charge is 0.337 e. The average molecular weight is 293 g/mol. The second-order valence-corrected chi connectivity index (χ2v) is 5.89. The lowest BCUT2D eigenvalue weighted by atomic mass is 10.1. The number of rotatable bonds is 6. The molecule has 6 nitrogen and oxygen atoms in total. The second-order valence-electron chi connectivity index (χ2n) is 5.89. The van der Waals surface area contributed by atoms with Gasteiger partial charge in [-0.2, -0.15) is 0 Å². The molecular weight excluding hydrogens is 270 g/mol. The lowest BCUT2D eigenvalue weighted by Crippen LogP contribution is -2.39. The summed E-state index contributed by atoms with van der Waals surface area (Å²) in [5.41, 5.74) is 0.435. The van der Waals surface area contributed by atoms with E-state index in [9.17, 15) is 9.59 Å². The van der Waals surface area contributed by atoms with Crippen molar-refractivity contribution in [1.29, 1.82) is 0 Å². The van der Waals surface area contributed by atoms with Crippen molar-refractivity contribution in [2.24, 2.45) is 11.8 Å². The third kappa shape index (κ3) is 5.81. The predicted molar refractivity (Wildman–Crippen MR) is 81.5 cm³/mol. The molecule has 0 saturated carbocycles. The average Bonchev–Trinajstić information content (AvgIpc) is 2.37. The number of carbonyl (C=O) groups is 2. The third-order valence-electron chi connectivity index (χ3n) is 2.69. The maximum atomic E-state index is 12.3. The van der Waals surface area contributed by atoms with Gasteiger partial charge in [0.15, 0.2) is 0 Å². The van der Waals surface area contributed by atoms with Crippen LogP contribution in [0.3, 0.4) is 0 Å². The Balaban J connectivity index is 2.80. The standard InChI is InChI=1S/C15H23N3O3/c1-10(2)8-18(9-11(3)4)15(21)17-13-5-12(14(19)20)6-16-7-13/h5-7,10-11H,8-9H2,1-4H3,(H,17,21)(H,19,20). The van der Waals surface area contributed by atoms with Crippen molar-refractivity contribution in [2.75, 3.05) is 18.4 Å². The highest BCUT2D eigenvalue weighted by atomic mass is 16.4. The Bertz CT molecular complexity index is 491. The number of urea groups is 1. The Kier molecular flexibility index (Phi) is 6.14. The summed E-state index contributed by atoms with van der Waals surface area (Å²) in [7, 11) is 0. The van der Waals surface area contributed by atoms with Gasteiger partial charge in [-0.1, -0.05) is 27.7 Å². The highest BCUT2D eigenvalue weighted by molar-refractivity contribution is 5.92. The fourth-order valence-corrected chi connectivity index (χ4v) is 1.95. The molecule has 1 aromatic heterocycles. The number of carboxylic acids is 1. The molecule has 6 heteroatoms. The summed E-state index contributed by atoms with van der Waals surface area (Å²) in [5, 5.41) is 11.6. The number of nitrogens with zero attached hydrogens (tertiary/aromatic N) is 2. The van der Waals surface area contributed by atoms with Gasteiger partial charge in [0.1, 0.15) is 0 Å². The summed E-state index contributed by atoms with van der Waals surface area (Å²) < 4.78 is 0. The number of anilines is 1. The number of hydrogen-bond acceptors (Lipinski definition) is 3. The van der Waals surface area contributed by atoms with E-state index in [4.69, 9.17) is 5.11 Å². The van der Waals surface area contributed by atoms with Gasteiger partial charge in [-0.15, -0.1) is 0 Å². The van der Waals surface area contributed by atoms with Crippen molar-refractivity contribution in [1.82, 2.24) is 9.88 Å². The number of amides is 2. The van der Waals surface area contributed by atoms with Gasteiger partial charge in [-0.3, -0.25) is 4.98 Å². The minimum Gasteiger partial charge on any atom is -0.478 e. The summed E-state index contributed by atoms with van der Waals surface area (Å²) >= 11 is 0. The molecule has 0 fully saturated rings. The highest BCUT2D eigenvalue weighted by Crippen LogP contribution is 2.11. The number of nitrogens with one attached hydrogen (secondary N) is 1. The van der Waals surface area contributed by atoms with E-state index in [2.05, 4.69) is 10.3 Å². The fourth-order valence-electron chi connectivity index (χ4n) is 1.95. The van der Waals surface area contributed by atoms with Crippen molar-refractivity contribution in [3.8, 4) is 0 Å². The van der Waals surface area contributed by atoms with Gasteiger partial charge in [-0.25, -0.2) is 9.59 Å². The highest BCUT2D eigenvalue weighted by Gasteiger charge is 2.17. The zero-order chi connectivity index (χ0) is 16.0. The van der Waals surface area contributed by atoms with Crippen molar-refractivity contribution >= 4 is 17.7 Å². The lowest BCUT2D eigenvalue weighted by molar-refractivity contribution is 0.0696. The normalized spacial score (nSPS) is 10.8. The Morgan fingerprint density at radius 1 is 1.19 bits per heavy atom. The number of carboxylic acid groups (broad SMARTS) is 1. The van der Waals surface area contributed by atoms with Gasteiger partial charge in [0.2, 0.25) is 0 Å². The molecule has 0 aliphatic carbocycles. The molecule has 2 amide bonds. The van der Waals surface area contributed by atoms with Crippen molar-refractivity contribution in [3.05, 3.63) is 24.0 Å². The number of hydrogen-bond donors (Lipinski definition) is 2. The molecule has 0 saturated heterocycles. The second kappa shape index (κ2) is 7.61. The largest absolute Gasteiger partial charge is 0.478 e. The molecule has 0 spiro atoms. The van der Waals surface area contributed by atoms with E-state index < -0.39 is 5.97 Å². The van der Waals surface area contributed by atoms with Crippen LogP contribution in [0.4, 0.5) is 10.5 Å². The van der Waals surface area contributed by atoms with Crippen LogP contribution in [-0.2, 0) is 0 Å². The van der Waals surface area contributed by atoms with E-state index in [0.717, 1.165) is 0 Å².